The average Bonchev–Trinajstić information content (AvgIpc) is 2.93. The van der Waals surface area contributed by atoms with Crippen molar-refractivity contribution in [1.29, 1.82) is 0 Å². The van der Waals surface area contributed by atoms with Crippen molar-refractivity contribution in [2.24, 2.45) is 0 Å². The van der Waals surface area contributed by atoms with E-state index in [0.29, 0.717) is 0 Å². The van der Waals surface area contributed by atoms with E-state index in [1.165, 1.54) is 32.9 Å². The molecule has 1 aliphatic rings. The minimum absolute atomic E-state index is 0.103. The number of benzene rings is 3. The number of ether oxygens (including phenoxy) is 1. The molecule has 0 unspecified atom stereocenters. The fourth-order valence-electron chi connectivity index (χ4n) is 3.95. The van der Waals surface area contributed by atoms with Gasteiger partial charge in [-0.1, -0.05) is 50.2 Å². The molecule has 0 saturated carbocycles. The van der Waals surface area contributed by atoms with Crippen molar-refractivity contribution < 1.29 is 4.74 Å². The van der Waals surface area contributed by atoms with Crippen LogP contribution in [0.5, 0.6) is 11.5 Å². The fourth-order valence-corrected chi connectivity index (χ4v) is 3.95. The summed E-state index contributed by atoms with van der Waals surface area (Å²) in [7, 11) is 0. The lowest BCUT2D eigenvalue weighted by molar-refractivity contribution is 0.420. The maximum atomic E-state index is 6.23. The average molecular weight is 299 g/mol. The highest BCUT2D eigenvalue weighted by molar-refractivity contribution is 6.10. The zero-order valence-electron chi connectivity index (χ0n) is 13.2. The minimum atomic E-state index is -0.103. The summed E-state index contributed by atoms with van der Waals surface area (Å²) in [6.45, 7) is 4.57. The molecule has 5 rings (SSSR count). The van der Waals surface area contributed by atoms with Gasteiger partial charge in [0.1, 0.15) is 11.5 Å². The van der Waals surface area contributed by atoms with Crippen LogP contribution in [0.1, 0.15) is 25.0 Å². The molecule has 112 valence electrons. The van der Waals surface area contributed by atoms with Crippen LogP contribution in [-0.4, -0.2) is 4.98 Å². The number of nitrogens with one attached hydrogen (secondary N) is 1. The van der Waals surface area contributed by atoms with Gasteiger partial charge in [-0.25, -0.2) is 0 Å². The summed E-state index contributed by atoms with van der Waals surface area (Å²) in [6, 6.07) is 21.0. The Morgan fingerprint density at radius 2 is 1.57 bits per heavy atom. The second kappa shape index (κ2) is 4.17. The van der Waals surface area contributed by atoms with Gasteiger partial charge in [-0.15, -0.1) is 0 Å². The number of aromatic amines is 1. The molecule has 1 aromatic heterocycles. The Balaban J connectivity index is 1.95. The van der Waals surface area contributed by atoms with Crippen LogP contribution in [0.4, 0.5) is 0 Å². The van der Waals surface area contributed by atoms with E-state index in [-0.39, 0.29) is 5.41 Å². The van der Waals surface area contributed by atoms with Crippen molar-refractivity contribution in [1.82, 2.24) is 4.98 Å². The van der Waals surface area contributed by atoms with Crippen LogP contribution < -0.4 is 4.74 Å². The molecule has 3 aromatic carbocycles. The standard InChI is InChI=1S/C21H17NO/c1-21(2)14-8-4-6-10-17(14)23-18-12-11-16-19(20(18)21)13-7-3-5-9-15(13)22-16/h3-12,22H,1-2H3. The van der Waals surface area contributed by atoms with Gasteiger partial charge in [-0.05, 0) is 24.3 Å². The summed E-state index contributed by atoms with van der Waals surface area (Å²) in [5.41, 5.74) is 4.75. The van der Waals surface area contributed by atoms with E-state index in [0.717, 1.165) is 11.5 Å². The summed E-state index contributed by atoms with van der Waals surface area (Å²) in [4.78, 5) is 3.53. The first-order valence-electron chi connectivity index (χ1n) is 7.97. The first-order chi connectivity index (χ1) is 11.2. The molecule has 0 radical (unpaired) electrons. The largest absolute Gasteiger partial charge is 0.457 e. The molecule has 4 aromatic rings. The summed E-state index contributed by atoms with van der Waals surface area (Å²) in [5.74, 6) is 1.93. The Kier molecular flexibility index (Phi) is 2.31. The zero-order valence-corrected chi connectivity index (χ0v) is 13.2. The first kappa shape index (κ1) is 12.8. The van der Waals surface area contributed by atoms with E-state index < -0.39 is 0 Å². The number of aromatic nitrogens is 1. The van der Waals surface area contributed by atoms with Crippen LogP contribution >= 0.6 is 0 Å². The Bertz CT molecular complexity index is 1070. The summed E-state index contributed by atoms with van der Waals surface area (Å²) < 4.78 is 6.23. The van der Waals surface area contributed by atoms with Gasteiger partial charge in [0.25, 0.3) is 0 Å². The third kappa shape index (κ3) is 1.58. The lowest BCUT2D eigenvalue weighted by atomic mass is 9.74. The normalized spacial score (nSPS) is 15.2. The molecule has 1 aliphatic heterocycles. The Hall–Kier alpha value is -2.74. The van der Waals surface area contributed by atoms with Crippen LogP contribution in [0.25, 0.3) is 21.8 Å². The van der Waals surface area contributed by atoms with E-state index in [2.05, 4.69) is 73.4 Å². The molecule has 1 N–H and O–H groups in total. The van der Waals surface area contributed by atoms with Gasteiger partial charge in [0.2, 0.25) is 0 Å². The van der Waals surface area contributed by atoms with Crippen LogP contribution in [0.3, 0.4) is 0 Å². The monoisotopic (exact) mass is 299 g/mol. The van der Waals surface area contributed by atoms with Crippen molar-refractivity contribution >= 4 is 21.8 Å². The van der Waals surface area contributed by atoms with Crippen molar-refractivity contribution in [2.45, 2.75) is 19.3 Å². The van der Waals surface area contributed by atoms with Crippen LogP contribution in [0.15, 0.2) is 60.7 Å². The summed E-state index contributed by atoms with van der Waals surface area (Å²) in [5, 5.41) is 2.54. The van der Waals surface area contributed by atoms with Crippen LogP contribution in [0.2, 0.25) is 0 Å². The topological polar surface area (TPSA) is 25.0 Å². The van der Waals surface area contributed by atoms with Gasteiger partial charge in [0.05, 0.1) is 0 Å². The molecule has 2 heteroatoms. The lowest BCUT2D eigenvalue weighted by Crippen LogP contribution is -2.24. The van der Waals surface area contributed by atoms with E-state index in [4.69, 9.17) is 4.74 Å². The van der Waals surface area contributed by atoms with Gasteiger partial charge >= 0.3 is 0 Å². The van der Waals surface area contributed by atoms with Crippen molar-refractivity contribution in [3.05, 3.63) is 71.8 Å². The van der Waals surface area contributed by atoms with E-state index in [9.17, 15) is 0 Å². The van der Waals surface area contributed by atoms with Gasteiger partial charge < -0.3 is 9.72 Å². The zero-order chi connectivity index (χ0) is 15.6. The smallest absolute Gasteiger partial charge is 0.132 e. The van der Waals surface area contributed by atoms with Crippen molar-refractivity contribution in [3.63, 3.8) is 0 Å². The number of hydrogen-bond donors (Lipinski definition) is 1. The van der Waals surface area contributed by atoms with Crippen LogP contribution in [-0.2, 0) is 5.41 Å². The van der Waals surface area contributed by atoms with Gasteiger partial charge in [-0.2, -0.15) is 0 Å². The maximum absolute atomic E-state index is 6.23. The predicted octanol–water partition coefficient (Wildman–Crippen LogP) is 5.75. The SMILES string of the molecule is CC1(C)c2ccccc2Oc2ccc3[nH]c4ccccc4c3c21. The number of fused-ring (bicyclic) bond motifs is 6. The Morgan fingerprint density at radius 3 is 2.48 bits per heavy atom. The van der Waals surface area contributed by atoms with Crippen molar-refractivity contribution in [2.75, 3.05) is 0 Å². The summed E-state index contributed by atoms with van der Waals surface area (Å²) >= 11 is 0. The molecule has 0 aliphatic carbocycles. The second-order valence-electron chi connectivity index (χ2n) is 6.76. The molecular formula is C21H17NO. The molecule has 23 heavy (non-hydrogen) atoms. The Labute approximate surface area is 134 Å². The highest BCUT2D eigenvalue weighted by atomic mass is 16.5. The first-order valence-corrected chi connectivity index (χ1v) is 7.97. The van der Waals surface area contributed by atoms with Gasteiger partial charge in [-0.3, -0.25) is 0 Å². The molecule has 0 amide bonds. The molecule has 2 heterocycles. The molecule has 0 fully saturated rings. The van der Waals surface area contributed by atoms with Gasteiger partial charge in [0, 0.05) is 38.3 Å². The molecule has 0 atom stereocenters. The van der Waals surface area contributed by atoms with E-state index >= 15 is 0 Å². The third-order valence-corrected chi connectivity index (χ3v) is 5.04. The molecule has 0 spiro atoms. The Morgan fingerprint density at radius 1 is 0.783 bits per heavy atom. The number of rotatable bonds is 0. The third-order valence-electron chi connectivity index (χ3n) is 5.04. The summed E-state index contributed by atoms with van der Waals surface area (Å²) in [6.07, 6.45) is 0. The molecule has 0 bridgehead atoms. The number of para-hydroxylation sites is 2. The maximum Gasteiger partial charge on any atom is 0.132 e. The fraction of sp³-hybridized carbons (Fsp3) is 0.143. The molecule has 0 saturated heterocycles. The highest BCUT2D eigenvalue weighted by Crippen LogP contribution is 2.51. The highest BCUT2D eigenvalue weighted by Gasteiger charge is 2.36. The quantitative estimate of drug-likeness (QED) is 0.439. The molecular weight excluding hydrogens is 282 g/mol. The van der Waals surface area contributed by atoms with E-state index in [1.807, 2.05) is 6.07 Å². The number of hydrogen-bond acceptors (Lipinski definition) is 1. The second-order valence-corrected chi connectivity index (χ2v) is 6.76. The molecule has 2 nitrogen and oxygen atoms in total. The van der Waals surface area contributed by atoms with Crippen LogP contribution in [0, 0.1) is 0 Å². The van der Waals surface area contributed by atoms with Crippen molar-refractivity contribution in [3.8, 4) is 11.5 Å². The minimum Gasteiger partial charge on any atom is -0.457 e. The predicted molar refractivity (Wildman–Crippen MR) is 94.4 cm³/mol. The number of H-pyrrole nitrogens is 1. The van der Waals surface area contributed by atoms with E-state index in [1.54, 1.807) is 0 Å². The van der Waals surface area contributed by atoms with Gasteiger partial charge in [0.15, 0.2) is 0 Å². The lowest BCUT2D eigenvalue weighted by Gasteiger charge is -2.35.